The highest BCUT2D eigenvalue weighted by Gasteiger charge is 2.21. The first-order chi connectivity index (χ1) is 13.5. The number of rotatable bonds is 8. The lowest BCUT2D eigenvalue weighted by Crippen LogP contribution is -2.38. The number of carbonyl (C=O) groups excluding carboxylic acids is 2. The first-order valence-electron chi connectivity index (χ1n) is 9.76. The van der Waals surface area contributed by atoms with Gasteiger partial charge >= 0.3 is 6.09 Å². The number of nitrogens with zero attached hydrogens (tertiary/aromatic N) is 2. The number of hydrogen-bond acceptors (Lipinski definition) is 5. The quantitative estimate of drug-likeness (QED) is 0.528. The summed E-state index contributed by atoms with van der Waals surface area (Å²) in [7, 11) is 0. The van der Waals surface area contributed by atoms with Gasteiger partial charge in [0.2, 0.25) is 5.91 Å². The van der Waals surface area contributed by atoms with E-state index >= 15 is 0 Å². The van der Waals surface area contributed by atoms with Gasteiger partial charge in [0.25, 0.3) is 0 Å². The molecule has 1 aliphatic rings. The van der Waals surface area contributed by atoms with E-state index in [-0.39, 0.29) is 12.0 Å². The Morgan fingerprint density at radius 1 is 1.25 bits per heavy atom. The molecule has 0 aromatic heterocycles. The van der Waals surface area contributed by atoms with Crippen LogP contribution in [0.15, 0.2) is 41.8 Å². The third-order valence-electron chi connectivity index (χ3n) is 4.27. The van der Waals surface area contributed by atoms with Gasteiger partial charge in [0.1, 0.15) is 0 Å². The summed E-state index contributed by atoms with van der Waals surface area (Å²) in [4.78, 5) is 29.5. The molecule has 1 N–H and O–H groups in total. The van der Waals surface area contributed by atoms with E-state index in [0.29, 0.717) is 38.7 Å². The van der Waals surface area contributed by atoms with Gasteiger partial charge in [-0.05, 0) is 24.5 Å². The van der Waals surface area contributed by atoms with Crippen molar-refractivity contribution in [2.45, 2.75) is 25.2 Å². The number of benzene rings is 1. The summed E-state index contributed by atoms with van der Waals surface area (Å²) in [5.74, 6) is 1.08. The summed E-state index contributed by atoms with van der Waals surface area (Å²) in [5.41, 5.74) is 0.827. The van der Waals surface area contributed by atoms with Crippen LogP contribution in [0.1, 0.15) is 20.3 Å². The van der Waals surface area contributed by atoms with Gasteiger partial charge < -0.3 is 15.0 Å². The number of ether oxygens (including phenoxy) is 1. The number of carbonyl (C=O) groups is 2. The average Bonchev–Trinajstić information content (AvgIpc) is 2.91. The molecule has 0 spiro atoms. The number of nitrogens with one attached hydrogen (secondary N) is 1. The Morgan fingerprint density at radius 2 is 2.04 bits per heavy atom. The molecule has 0 bridgehead atoms. The minimum absolute atomic E-state index is 0.0394. The maximum atomic E-state index is 12.5. The van der Waals surface area contributed by atoms with E-state index in [2.05, 4.69) is 16.8 Å². The lowest BCUT2D eigenvalue weighted by molar-refractivity contribution is -0.117. The number of amides is 2. The van der Waals surface area contributed by atoms with Crippen LogP contribution in [-0.2, 0) is 9.53 Å². The molecular weight excluding hydrogens is 374 g/mol. The predicted molar refractivity (Wildman–Crippen MR) is 115 cm³/mol. The van der Waals surface area contributed by atoms with Crippen molar-refractivity contribution in [3.63, 3.8) is 0 Å². The second kappa shape index (κ2) is 11.8. The first kappa shape index (κ1) is 22.3. The normalized spacial score (nSPS) is 15.2. The molecule has 6 nitrogen and oxygen atoms in total. The van der Waals surface area contributed by atoms with E-state index in [9.17, 15) is 9.59 Å². The largest absolute Gasteiger partial charge is 0.449 e. The summed E-state index contributed by atoms with van der Waals surface area (Å²) >= 11 is 1.64. The van der Waals surface area contributed by atoms with E-state index in [4.69, 9.17) is 4.74 Å². The van der Waals surface area contributed by atoms with Gasteiger partial charge in [-0.3, -0.25) is 9.69 Å². The van der Waals surface area contributed by atoms with Crippen LogP contribution in [0.25, 0.3) is 0 Å². The van der Waals surface area contributed by atoms with Gasteiger partial charge in [0, 0.05) is 36.8 Å². The van der Waals surface area contributed by atoms with E-state index in [1.807, 2.05) is 44.2 Å². The smallest absolute Gasteiger partial charge is 0.409 e. The lowest BCUT2D eigenvalue weighted by atomic mass is 10.2. The van der Waals surface area contributed by atoms with Gasteiger partial charge in [-0.15, -0.1) is 18.3 Å². The summed E-state index contributed by atoms with van der Waals surface area (Å²) in [6.07, 6.45) is 2.42. The van der Waals surface area contributed by atoms with Crippen molar-refractivity contribution in [1.82, 2.24) is 9.80 Å². The Balaban J connectivity index is 1.83. The molecular formula is C21H31N3O3S. The number of para-hydroxylation sites is 1. The van der Waals surface area contributed by atoms with Crippen molar-refractivity contribution in [3.8, 4) is 0 Å². The zero-order valence-electron chi connectivity index (χ0n) is 16.9. The third kappa shape index (κ3) is 7.56. The number of anilines is 1. The summed E-state index contributed by atoms with van der Waals surface area (Å²) in [5, 5.41) is 3.01. The molecule has 0 saturated carbocycles. The van der Waals surface area contributed by atoms with Gasteiger partial charge in [-0.1, -0.05) is 32.1 Å². The maximum absolute atomic E-state index is 12.5. The Bertz CT molecular complexity index is 666. The van der Waals surface area contributed by atoms with Crippen LogP contribution in [0.2, 0.25) is 0 Å². The molecule has 1 aromatic carbocycles. The average molecular weight is 406 g/mol. The predicted octanol–water partition coefficient (Wildman–Crippen LogP) is 3.70. The molecule has 7 heteroatoms. The van der Waals surface area contributed by atoms with Crippen LogP contribution in [0.5, 0.6) is 0 Å². The molecule has 1 heterocycles. The van der Waals surface area contributed by atoms with Crippen LogP contribution < -0.4 is 5.32 Å². The Morgan fingerprint density at radius 3 is 2.79 bits per heavy atom. The highest BCUT2D eigenvalue weighted by molar-refractivity contribution is 7.99. The highest BCUT2D eigenvalue weighted by Crippen LogP contribution is 2.26. The Kier molecular flexibility index (Phi) is 9.37. The molecule has 1 aliphatic heterocycles. The Labute approximate surface area is 172 Å². The molecule has 154 valence electrons. The molecule has 28 heavy (non-hydrogen) atoms. The fourth-order valence-electron chi connectivity index (χ4n) is 2.88. The maximum Gasteiger partial charge on any atom is 0.409 e. The minimum atomic E-state index is -0.256. The fourth-order valence-corrected chi connectivity index (χ4v) is 3.62. The van der Waals surface area contributed by atoms with Gasteiger partial charge in [-0.25, -0.2) is 4.79 Å². The molecule has 1 aromatic rings. The Hall–Kier alpha value is -1.99. The molecule has 0 radical (unpaired) electrons. The molecule has 2 amide bonds. The lowest BCUT2D eigenvalue weighted by Gasteiger charge is -2.22. The SMILES string of the molecule is C=CCSc1ccccc1NC(=O)CN1CCCN(C(=O)OCC(C)C)CC1. The summed E-state index contributed by atoms with van der Waals surface area (Å²) in [6.45, 7) is 11.2. The third-order valence-corrected chi connectivity index (χ3v) is 5.34. The van der Waals surface area contributed by atoms with Crippen molar-refractivity contribution in [2.75, 3.05) is 50.4 Å². The number of hydrogen-bond donors (Lipinski definition) is 1. The molecule has 1 saturated heterocycles. The fraction of sp³-hybridized carbons (Fsp3) is 0.524. The van der Waals surface area contributed by atoms with Crippen LogP contribution in [0.3, 0.4) is 0 Å². The summed E-state index contributed by atoms with van der Waals surface area (Å²) < 4.78 is 5.32. The van der Waals surface area contributed by atoms with Gasteiger partial charge in [-0.2, -0.15) is 0 Å². The van der Waals surface area contributed by atoms with Crippen LogP contribution in [-0.4, -0.2) is 66.9 Å². The van der Waals surface area contributed by atoms with E-state index in [1.165, 1.54) is 0 Å². The van der Waals surface area contributed by atoms with Crippen molar-refractivity contribution in [2.24, 2.45) is 5.92 Å². The van der Waals surface area contributed by atoms with E-state index in [1.54, 1.807) is 16.7 Å². The molecule has 2 rings (SSSR count). The van der Waals surface area contributed by atoms with Crippen molar-refractivity contribution < 1.29 is 14.3 Å². The topological polar surface area (TPSA) is 61.9 Å². The van der Waals surface area contributed by atoms with E-state index < -0.39 is 0 Å². The van der Waals surface area contributed by atoms with Crippen LogP contribution in [0, 0.1) is 5.92 Å². The standard InChI is InChI=1S/C21H31N3O3S/c1-4-14-28-19-9-6-5-8-18(19)22-20(25)15-23-10-7-11-24(13-12-23)21(26)27-16-17(2)3/h4-6,8-9,17H,1,7,10-16H2,2-3H3,(H,22,25). The minimum Gasteiger partial charge on any atom is -0.449 e. The second-order valence-corrected chi connectivity index (χ2v) is 8.29. The molecule has 0 aliphatic carbocycles. The number of thioether (sulfide) groups is 1. The molecule has 1 fully saturated rings. The van der Waals surface area contributed by atoms with Crippen molar-refractivity contribution >= 4 is 29.4 Å². The van der Waals surface area contributed by atoms with E-state index in [0.717, 1.165) is 29.3 Å². The highest BCUT2D eigenvalue weighted by atomic mass is 32.2. The summed E-state index contributed by atoms with van der Waals surface area (Å²) in [6, 6.07) is 7.79. The first-order valence-corrected chi connectivity index (χ1v) is 10.7. The zero-order chi connectivity index (χ0) is 20.4. The van der Waals surface area contributed by atoms with Crippen molar-refractivity contribution in [1.29, 1.82) is 0 Å². The van der Waals surface area contributed by atoms with Crippen LogP contribution >= 0.6 is 11.8 Å². The molecule has 0 atom stereocenters. The van der Waals surface area contributed by atoms with Gasteiger partial charge in [0.05, 0.1) is 18.8 Å². The van der Waals surface area contributed by atoms with Gasteiger partial charge in [0.15, 0.2) is 0 Å². The second-order valence-electron chi connectivity index (χ2n) is 7.23. The van der Waals surface area contributed by atoms with Crippen molar-refractivity contribution in [3.05, 3.63) is 36.9 Å². The van der Waals surface area contributed by atoms with Crippen LogP contribution in [0.4, 0.5) is 10.5 Å². The zero-order valence-corrected chi connectivity index (χ0v) is 17.7. The monoisotopic (exact) mass is 405 g/mol. The molecule has 0 unspecified atom stereocenters.